The Bertz CT molecular complexity index is 535. The number of benzene rings is 2. The maximum atomic E-state index is 5.61. The van der Waals surface area contributed by atoms with Crippen LogP contribution in [-0.4, -0.2) is 12.5 Å². The summed E-state index contributed by atoms with van der Waals surface area (Å²) in [6, 6.07) is 16.9. The minimum atomic E-state index is 0.192. The Morgan fingerprint density at radius 3 is 1.80 bits per heavy atom. The van der Waals surface area contributed by atoms with Gasteiger partial charge < -0.3 is 4.74 Å². The Hall–Kier alpha value is -1.47. The molecule has 0 fully saturated rings. The van der Waals surface area contributed by atoms with Crippen LogP contribution in [0.1, 0.15) is 26.3 Å². The van der Waals surface area contributed by atoms with Gasteiger partial charge in [0.15, 0.2) is 0 Å². The Labute approximate surface area is 126 Å². The maximum absolute atomic E-state index is 5.61. The molecule has 0 N–H and O–H groups in total. The molecule has 0 heterocycles. The molecule has 0 unspecified atom stereocenters. The number of alkyl halides is 1. The second kappa shape index (κ2) is 6.32. The van der Waals surface area contributed by atoms with E-state index in [0.717, 1.165) is 5.75 Å². The van der Waals surface area contributed by atoms with Gasteiger partial charge >= 0.3 is 0 Å². The topological polar surface area (TPSA) is 9.23 Å². The van der Waals surface area contributed by atoms with Crippen LogP contribution in [0, 0.1) is 0 Å². The number of hydrogen-bond acceptors (Lipinski definition) is 1. The van der Waals surface area contributed by atoms with E-state index in [4.69, 9.17) is 16.3 Å². The molecule has 0 amide bonds. The second-order valence-electron chi connectivity index (χ2n) is 5.89. The fraction of sp³-hybridized carbons (Fsp3) is 0.333. The van der Waals surface area contributed by atoms with Crippen molar-refractivity contribution in [2.24, 2.45) is 0 Å². The molecule has 0 saturated heterocycles. The highest BCUT2D eigenvalue weighted by Crippen LogP contribution is 2.27. The van der Waals surface area contributed by atoms with Gasteiger partial charge in [-0.25, -0.2) is 0 Å². The van der Waals surface area contributed by atoms with E-state index in [-0.39, 0.29) is 5.41 Å². The van der Waals surface area contributed by atoms with Crippen molar-refractivity contribution in [3.05, 3.63) is 54.1 Å². The third-order valence-corrected chi connectivity index (χ3v) is 3.44. The average Bonchev–Trinajstić information content (AvgIpc) is 2.45. The lowest BCUT2D eigenvalue weighted by Gasteiger charge is -2.19. The summed E-state index contributed by atoms with van der Waals surface area (Å²) in [5.74, 6) is 1.37. The molecule has 0 bridgehead atoms. The van der Waals surface area contributed by atoms with E-state index in [1.807, 2.05) is 12.1 Å². The third kappa shape index (κ3) is 3.77. The summed E-state index contributed by atoms with van der Waals surface area (Å²) in [5, 5.41) is 0. The van der Waals surface area contributed by atoms with Crippen LogP contribution in [0.2, 0.25) is 0 Å². The number of halogens is 1. The van der Waals surface area contributed by atoms with Crippen LogP contribution >= 0.6 is 11.6 Å². The van der Waals surface area contributed by atoms with E-state index < -0.39 is 0 Å². The van der Waals surface area contributed by atoms with E-state index in [0.29, 0.717) is 12.5 Å². The Balaban J connectivity index is 2.15. The van der Waals surface area contributed by atoms with Crippen molar-refractivity contribution in [3.63, 3.8) is 0 Å². The lowest BCUT2D eigenvalue weighted by Crippen LogP contribution is -2.10. The van der Waals surface area contributed by atoms with Crippen LogP contribution in [0.25, 0.3) is 11.1 Å². The van der Waals surface area contributed by atoms with Gasteiger partial charge in [-0.05, 0) is 34.2 Å². The summed E-state index contributed by atoms with van der Waals surface area (Å²) in [5.41, 5.74) is 3.96. The lowest BCUT2D eigenvalue weighted by atomic mass is 9.86. The number of ether oxygens (including phenoxy) is 1. The zero-order valence-corrected chi connectivity index (χ0v) is 13.1. The first-order valence-corrected chi connectivity index (χ1v) is 7.44. The van der Waals surface area contributed by atoms with Gasteiger partial charge in [0.05, 0.1) is 5.88 Å². The minimum absolute atomic E-state index is 0.192. The van der Waals surface area contributed by atoms with Crippen molar-refractivity contribution in [1.29, 1.82) is 0 Å². The molecule has 0 aliphatic heterocycles. The molecular formula is C18H21ClO. The first-order valence-electron chi connectivity index (χ1n) is 6.90. The zero-order valence-electron chi connectivity index (χ0n) is 12.3. The van der Waals surface area contributed by atoms with Crippen LogP contribution in [-0.2, 0) is 5.41 Å². The SMILES string of the molecule is CC(C)(C)c1ccc(-c2ccc(OCCCl)cc2)cc1. The monoisotopic (exact) mass is 288 g/mol. The van der Waals surface area contributed by atoms with E-state index in [2.05, 4.69) is 57.2 Å². The molecule has 106 valence electrons. The summed E-state index contributed by atoms with van der Waals surface area (Å²) in [4.78, 5) is 0. The summed E-state index contributed by atoms with van der Waals surface area (Å²) < 4.78 is 5.48. The van der Waals surface area contributed by atoms with Crippen molar-refractivity contribution < 1.29 is 4.74 Å². The first-order chi connectivity index (χ1) is 9.50. The predicted molar refractivity (Wildman–Crippen MR) is 86.8 cm³/mol. The maximum Gasteiger partial charge on any atom is 0.119 e. The fourth-order valence-electron chi connectivity index (χ4n) is 2.06. The van der Waals surface area contributed by atoms with Crippen LogP contribution in [0.15, 0.2) is 48.5 Å². The van der Waals surface area contributed by atoms with Gasteiger partial charge in [-0.2, -0.15) is 0 Å². The quantitative estimate of drug-likeness (QED) is 0.697. The molecule has 0 aliphatic carbocycles. The molecule has 2 heteroatoms. The molecular weight excluding hydrogens is 268 g/mol. The van der Waals surface area contributed by atoms with Crippen molar-refractivity contribution >= 4 is 11.6 Å². The molecule has 0 aliphatic rings. The van der Waals surface area contributed by atoms with Gasteiger partial charge in [-0.15, -0.1) is 11.6 Å². The van der Waals surface area contributed by atoms with Gasteiger partial charge in [-0.1, -0.05) is 57.2 Å². The molecule has 0 aromatic heterocycles. The number of rotatable bonds is 4. The fourth-order valence-corrected chi connectivity index (χ4v) is 2.14. The highest BCUT2D eigenvalue weighted by Gasteiger charge is 2.12. The van der Waals surface area contributed by atoms with E-state index in [9.17, 15) is 0 Å². The van der Waals surface area contributed by atoms with E-state index >= 15 is 0 Å². The molecule has 20 heavy (non-hydrogen) atoms. The summed E-state index contributed by atoms with van der Waals surface area (Å²) >= 11 is 5.61. The molecule has 2 aromatic carbocycles. The molecule has 0 spiro atoms. The summed E-state index contributed by atoms with van der Waals surface area (Å²) in [6.45, 7) is 7.22. The first kappa shape index (κ1) is 14.9. The standard InChI is InChI=1S/C18H21ClO/c1-18(2,3)16-8-4-14(5-9-16)15-6-10-17(11-7-15)20-13-12-19/h4-11H,12-13H2,1-3H3. The van der Waals surface area contributed by atoms with Crippen molar-refractivity contribution in [3.8, 4) is 16.9 Å². The third-order valence-electron chi connectivity index (χ3n) is 3.28. The molecule has 0 radical (unpaired) electrons. The smallest absolute Gasteiger partial charge is 0.119 e. The average molecular weight is 289 g/mol. The molecule has 2 rings (SSSR count). The Morgan fingerprint density at radius 2 is 1.35 bits per heavy atom. The van der Waals surface area contributed by atoms with Crippen LogP contribution in [0.3, 0.4) is 0 Å². The zero-order chi connectivity index (χ0) is 14.6. The van der Waals surface area contributed by atoms with Crippen molar-refractivity contribution in [2.75, 3.05) is 12.5 Å². The highest BCUT2D eigenvalue weighted by molar-refractivity contribution is 6.18. The largest absolute Gasteiger partial charge is 0.492 e. The molecule has 1 nitrogen and oxygen atoms in total. The summed E-state index contributed by atoms with van der Waals surface area (Å²) in [6.07, 6.45) is 0. The van der Waals surface area contributed by atoms with Crippen LogP contribution in [0.4, 0.5) is 0 Å². The lowest BCUT2D eigenvalue weighted by molar-refractivity contribution is 0.343. The van der Waals surface area contributed by atoms with Gasteiger partial charge in [0, 0.05) is 0 Å². The normalized spacial score (nSPS) is 11.4. The molecule has 0 atom stereocenters. The van der Waals surface area contributed by atoms with Gasteiger partial charge in [0.2, 0.25) is 0 Å². The number of hydrogen-bond donors (Lipinski definition) is 0. The van der Waals surface area contributed by atoms with Gasteiger partial charge in [0.25, 0.3) is 0 Å². The van der Waals surface area contributed by atoms with E-state index in [1.165, 1.54) is 16.7 Å². The van der Waals surface area contributed by atoms with Crippen LogP contribution < -0.4 is 4.74 Å². The highest BCUT2D eigenvalue weighted by atomic mass is 35.5. The van der Waals surface area contributed by atoms with E-state index in [1.54, 1.807) is 0 Å². The second-order valence-corrected chi connectivity index (χ2v) is 6.27. The molecule has 0 saturated carbocycles. The Morgan fingerprint density at radius 1 is 0.850 bits per heavy atom. The van der Waals surface area contributed by atoms with Crippen molar-refractivity contribution in [1.82, 2.24) is 0 Å². The van der Waals surface area contributed by atoms with Gasteiger partial charge in [-0.3, -0.25) is 0 Å². The van der Waals surface area contributed by atoms with Crippen LogP contribution in [0.5, 0.6) is 5.75 Å². The van der Waals surface area contributed by atoms with Gasteiger partial charge in [0.1, 0.15) is 12.4 Å². The summed E-state index contributed by atoms with van der Waals surface area (Å²) in [7, 11) is 0. The van der Waals surface area contributed by atoms with Crippen molar-refractivity contribution in [2.45, 2.75) is 26.2 Å². The predicted octanol–water partition coefficient (Wildman–Crippen LogP) is 5.27. The molecule has 2 aromatic rings. The Kier molecular flexibility index (Phi) is 4.72. The minimum Gasteiger partial charge on any atom is -0.492 e.